The van der Waals surface area contributed by atoms with Gasteiger partial charge in [0.2, 0.25) is 0 Å². The first-order chi connectivity index (χ1) is 9.58. The average molecular weight is 292 g/mol. The van der Waals surface area contributed by atoms with Gasteiger partial charge in [0.15, 0.2) is 0 Å². The molecule has 2 N–H and O–H groups in total. The van der Waals surface area contributed by atoms with E-state index in [0.717, 1.165) is 30.5 Å². The summed E-state index contributed by atoms with van der Waals surface area (Å²) in [6, 6.07) is 4.73. The van der Waals surface area contributed by atoms with E-state index in [-0.39, 0.29) is 17.8 Å². The molecule has 1 atom stereocenters. The molecule has 1 amide bonds. The number of carbonyl (C=O) groups is 1. The molecule has 1 aliphatic heterocycles. The van der Waals surface area contributed by atoms with Crippen LogP contribution in [0.4, 0.5) is 10.1 Å². The molecule has 1 fully saturated rings. The van der Waals surface area contributed by atoms with Crippen molar-refractivity contribution >= 4 is 33.0 Å². The van der Waals surface area contributed by atoms with E-state index >= 15 is 0 Å². The van der Waals surface area contributed by atoms with E-state index in [0.29, 0.717) is 16.0 Å². The molecule has 2 heterocycles. The number of nitrogens with zero attached hydrogens (tertiary/aromatic N) is 1. The molecular weight excluding hydrogens is 275 g/mol. The Balaban J connectivity index is 2.01. The summed E-state index contributed by atoms with van der Waals surface area (Å²) in [7, 11) is 0. The summed E-state index contributed by atoms with van der Waals surface area (Å²) in [5, 5.41) is 0.642. The number of halogens is 1. The summed E-state index contributed by atoms with van der Waals surface area (Å²) >= 11 is 1.35. The third kappa shape index (κ3) is 2.16. The number of fused-ring (bicyclic) bond motifs is 1. The Morgan fingerprint density at radius 1 is 1.45 bits per heavy atom. The molecule has 2 aromatic rings. The quantitative estimate of drug-likeness (QED) is 0.872. The first-order valence-electron chi connectivity index (χ1n) is 6.86. The van der Waals surface area contributed by atoms with Crippen LogP contribution >= 0.6 is 11.3 Å². The molecule has 0 spiro atoms. The van der Waals surface area contributed by atoms with Crippen molar-refractivity contribution in [3.05, 3.63) is 28.9 Å². The third-order valence-electron chi connectivity index (χ3n) is 3.95. The maximum atomic E-state index is 13.3. The monoisotopic (exact) mass is 292 g/mol. The normalized spacial score (nSPS) is 19.5. The number of rotatable bonds is 1. The minimum absolute atomic E-state index is 0.0173. The third-order valence-corrected chi connectivity index (χ3v) is 5.12. The van der Waals surface area contributed by atoms with E-state index in [1.54, 1.807) is 6.07 Å². The van der Waals surface area contributed by atoms with Crippen LogP contribution in [-0.4, -0.2) is 23.4 Å². The smallest absolute Gasteiger partial charge is 0.266 e. The lowest BCUT2D eigenvalue weighted by atomic mass is 10.0. The van der Waals surface area contributed by atoms with E-state index < -0.39 is 0 Å². The van der Waals surface area contributed by atoms with E-state index in [4.69, 9.17) is 5.73 Å². The first kappa shape index (κ1) is 13.4. The van der Waals surface area contributed by atoms with Gasteiger partial charge >= 0.3 is 0 Å². The summed E-state index contributed by atoms with van der Waals surface area (Å²) in [5.74, 6) is -0.344. The zero-order chi connectivity index (χ0) is 14.3. The second-order valence-corrected chi connectivity index (χ2v) is 6.38. The molecule has 106 valence electrons. The van der Waals surface area contributed by atoms with Crippen LogP contribution in [0.1, 0.15) is 35.9 Å². The largest absolute Gasteiger partial charge is 0.397 e. The summed E-state index contributed by atoms with van der Waals surface area (Å²) in [6.45, 7) is 2.85. The maximum Gasteiger partial charge on any atom is 0.266 e. The number of nitrogens with two attached hydrogens (primary N) is 1. The van der Waals surface area contributed by atoms with Gasteiger partial charge in [0, 0.05) is 22.7 Å². The van der Waals surface area contributed by atoms with Crippen LogP contribution in [0.5, 0.6) is 0 Å². The number of likely N-dealkylation sites (tertiary alicyclic amines) is 1. The molecule has 1 aliphatic rings. The molecular formula is C15H17FN2OS. The highest BCUT2D eigenvalue weighted by Gasteiger charge is 2.27. The van der Waals surface area contributed by atoms with Gasteiger partial charge in [-0.3, -0.25) is 4.79 Å². The lowest BCUT2D eigenvalue weighted by Crippen LogP contribution is -2.41. The van der Waals surface area contributed by atoms with Crippen molar-refractivity contribution in [2.45, 2.75) is 32.2 Å². The minimum Gasteiger partial charge on any atom is -0.397 e. The maximum absolute atomic E-state index is 13.3. The number of hydrogen-bond donors (Lipinski definition) is 1. The van der Waals surface area contributed by atoms with Crippen LogP contribution in [0.3, 0.4) is 0 Å². The van der Waals surface area contributed by atoms with E-state index in [9.17, 15) is 9.18 Å². The topological polar surface area (TPSA) is 46.3 Å². The Hall–Kier alpha value is -1.62. The summed E-state index contributed by atoms with van der Waals surface area (Å²) < 4.78 is 14.2. The molecule has 3 nitrogen and oxygen atoms in total. The van der Waals surface area contributed by atoms with Gasteiger partial charge < -0.3 is 10.6 Å². The molecule has 0 radical (unpaired) electrons. The molecule has 1 aromatic heterocycles. The van der Waals surface area contributed by atoms with Crippen LogP contribution in [0.2, 0.25) is 0 Å². The van der Waals surface area contributed by atoms with Gasteiger partial charge in [-0.25, -0.2) is 4.39 Å². The van der Waals surface area contributed by atoms with Gasteiger partial charge in [-0.1, -0.05) is 0 Å². The number of thiophene rings is 1. The zero-order valence-corrected chi connectivity index (χ0v) is 12.2. The predicted octanol–water partition coefficient (Wildman–Crippen LogP) is 3.64. The van der Waals surface area contributed by atoms with Gasteiger partial charge in [0.1, 0.15) is 10.7 Å². The molecule has 1 saturated heterocycles. The Morgan fingerprint density at radius 2 is 2.25 bits per heavy atom. The van der Waals surface area contributed by atoms with Gasteiger partial charge in [-0.2, -0.15) is 0 Å². The average Bonchev–Trinajstić information content (AvgIpc) is 2.76. The SMILES string of the molecule is CC1CCCCN1C(=O)c1sc2ccc(F)cc2c1N. The van der Waals surface area contributed by atoms with Crippen LogP contribution in [0.25, 0.3) is 10.1 Å². The molecule has 0 aliphatic carbocycles. The highest BCUT2D eigenvalue weighted by atomic mass is 32.1. The summed E-state index contributed by atoms with van der Waals surface area (Å²) in [6.07, 6.45) is 3.23. The summed E-state index contributed by atoms with van der Waals surface area (Å²) in [4.78, 5) is 15.1. The van der Waals surface area contributed by atoms with Crippen molar-refractivity contribution < 1.29 is 9.18 Å². The Bertz CT molecular complexity index is 667. The van der Waals surface area contributed by atoms with Gasteiger partial charge in [0.25, 0.3) is 5.91 Å². The highest BCUT2D eigenvalue weighted by Crippen LogP contribution is 2.35. The minimum atomic E-state index is -0.327. The van der Waals surface area contributed by atoms with E-state index in [1.165, 1.54) is 23.5 Å². The second-order valence-electron chi connectivity index (χ2n) is 5.33. The van der Waals surface area contributed by atoms with Crippen LogP contribution < -0.4 is 5.73 Å². The molecule has 1 aromatic carbocycles. The zero-order valence-electron chi connectivity index (χ0n) is 11.4. The van der Waals surface area contributed by atoms with Gasteiger partial charge in [-0.15, -0.1) is 11.3 Å². The Kier molecular flexibility index (Phi) is 3.38. The number of piperidine rings is 1. The van der Waals surface area contributed by atoms with Crippen molar-refractivity contribution in [1.29, 1.82) is 0 Å². The van der Waals surface area contributed by atoms with Crippen LogP contribution in [0, 0.1) is 5.82 Å². The summed E-state index contributed by atoms with van der Waals surface area (Å²) in [5.41, 5.74) is 6.47. The fourth-order valence-electron chi connectivity index (χ4n) is 2.78. The lowest BCUT2D eigenvalue weighted by molar-refractivity contribution is 0.0642. The number of amides is 1. The van der Waals surface area contributed by atoms with Crippen molar-refractivity contribution in [3.63, 3.8) is 0 Å². The molecule has 20 heavy (non-hydrogen) atoms. The van der Waals surface area contributed by atoms with Gasteiger partial charge in [0.05, 0.1) is 5.69 Å². The standard InChI is InChI=1S/C15H17FN2OS/c1-9-4-2-3-7-18(9)15(19)14-13(17)11-8-10(16)5-6-12(11)20-14/h5-6,8-9H,2-4,7,17H2,1H3. The molecule has 0 saturated carbocycles. The van der Waals surface area contributed by atoms with Crippen molar-refractivity contribution in [2.75, 3.05) is 12.3 Å². The molecule has 1 unspecified atom stereocenters. The number of benzene rings is 1. The van der Waals surface area contributed by atoms with E-state index in [2.05, 4.69) is 6.92 Å². The first-order valence-corrected chi connectivity index (χ1v) is 7.68. The number of hydrogen-bond acceptors (Lipinski definition) is 3. The Labute approximate surface area is 121 Å². The van der Waals surface area contributed by atoms with Crippen LogP contribution in [0.15, 0.2) is 18.2 Å². The number of carbonyl (C=O) groups excluding carboxylic acids is 1. The van der Waals surface area contributed by atoms with E-state index in [1.807, 2.05) is 4.90 Å². The molecule has 3 rings (SSSR count). The van der Waals surface area contributed by atoms with Gasteiger partial charge in [-0.05, 0) is 44.4 Å². The second kappa shape index (κ2) is 5.05. The Morgan fingerprint density at radius 3 is 3.00 bits per heavy atom. The fraction of sp³-hybridized carbons (Fsp3) is 0.400. The van der Waals surface area contributed by atoms with Crippen LogP contribution in [-0.2, 0) is 0 Å². The van der Waals surface area contributed by atoms with Crippen molar-refractivity contribution in [3.8, 4) is 0 Å². The van der Waals surface area contributed by atoms with Crippen molar-refractivity contribution in [1.82, 2.24) is 4.90 Å². The number of nitrogen functional groups attached to an aromatic ring is 1. The van der Waals surface area contributed by atoms with Crippen molar-refractivity contribution in [2.24, 2.45) is 0 Å². The highest BCUT2D eigenvalue weighted by molar-refractivity contribution is 7.21. The predicted molar refractivity (Wildman–Crippen MR) is 80.5 cm³/mol. The lowest BCUT2D eigenvalue weighted by Gasteiger charge is -2.33. The number of anilines is 1. The molecule has 5 heteroatoms. The molecule has 0 bridgehead atoms. The fourth-order valence-corrected chi connectivity index (χ4v) is 3.84.